The van der Waals surface area contributed by atoms with Gasteiger partial charge in [0.25, 0.3) is 0 Å². The van der Waals surface area contributed by atoms with E-state index in [0.29, 0.717) is 12.1 Å². The lowest BCUT2D eigenvalue weighted by molar-refractivity contribution is 0.384. The van der Waals surface area contributed by atoms with Gasteiger partial charge in [0.2, 0.25) is 0 Å². The second kappa shape index (κ2) is 6.62. The number of hydrogen-bond donors (Lipinski definition) is 1. The van der Waals surface area contributed by atoms with Gasteiger partial charge in [-0.15, -0.1) is 0 Å². The lowest BCUT2D eigenvalue weighted by Gasteiger charge is -2.41. The summed E-state index contributed by atoms with van der Waals surface area (Å²) in [6.45, 7) is 6.60. The van der Waals surface area contributed by atoms with Crippen LogP contribution < -0.4 is 15.0 Å². The number of benzene rings is 1. The van der Waals surface area contributed by atoms with Crippen molar-refractivity contribution in [2.45, 2.75) is 38.8 Å². The number of ether oxygens (including phenoxy) is 1. The zero-order valence-corrected chi connectivity index (χ0v) is 13.5. The molecule has 0 aromatic heterocycles. The lowest BCUT2D eigenvalue weighted by Crippen LogP contribution is -2.55. The lowest BCUT2D eigenvalue weighted by atomic mass is 10.0. The molecule has 0 saturated carbocycles. The number of hydrogen-bond acceptors (Lipinski definition) is 3. The second-order valence-corrected chi connectivity index (χ2v) is 6.07. The first kappa shape index (κ1) is 14.7. The number of nitrogens with zero attached hydrogens (tertiary/aromatic N) is 1. The van der Waals surface area contributed by atoms with Crippen LogP contribution in [0.5, 0.6) is 5.75 Å². The molecule has 2 unspecified atom stereocenters. The smallest absolute Gasteiger partial charge is 0.121 e. The minimum atomic E-state index is 0.497. The van der Waals surface area contributed by atoms with Crippen LogP contribution in [0.25, 0.3) is 0 Å². The highest BCUT2D eigenvalue weighted by Crippen LogP contribution is 2.32. The highest BCUT2D eigenvalue weighted by atomic mass is 79.9. The number of anilines is 1. The fourth-order valence-electron chi connectivity index (χ4n) is 2.65. The number of halogens is 1. The van der Waals surface area contributed by atoms with Crippen molar-refractivity contribution < 1.29 is 4.74 Å². The fourth-order valence-corrected chi connectivity index (χ4v) is 3.12. The van der Waals surface area contributed by atoms with Gasteiger partial charge in [-0.25, -0.2) is 0 Å². The first-order chi connectivity index (χ1) is 9.15. The van der Waals surface area contributed by atoms with Crippen LogP contribution in [0.1, 0.15) is 26.7 Å². The Bertz CT molecular complexity index is 425. The quantitative estimate of drug-likeness (QED) is 0.917. The van der Waals surface area contributed by atoms with E-state index in [-0.39, 0.29) is 0 Å². The summed E-state index contributed by atoms with van der Waals surface area (Å²) in [5, 5.41) is 3.63. The van der Waals surface area contributed by atoms with Crippen molar-refractivity contribution in [1.29, 1.82) is 0 Å². The first-order valence-corrected chi connectivity index (χ1v) is 7.78. The summed E-state index contributed by atoms with van der Waals surface area (Å²) in [5.41, 5.74) is 1.23. The average Bonchev–Trinajstić information content (AvgIpc) is 2.42. The van der Waals surface area contributed by atoms with Crippen molar-refractivity contribution in [3.8, 4) is 5.75 Å². The van der Waals surface area contributed by atoms with Crippen LogP contribution in [0.3, 0.4) is 0 Å². The molecule has 0 bridgehead atoms. The van der Waals surface area contributed by atoms with Crippen LogP contribution in [0.2, 0.25) is 0 Å². The topological polar surface area (TPSA) is 24.5 Å². The monoisotopic (exact) mass is 326 g/mol. The molecule has 2 atom stereocenters. The van der Waals surface area contributed by atoms with Gasteiger partial charge in [-0.05, 0) is 41.4 Å². The number of rotatable bonds is 4. The summed E-state index contributed by atoms with van der Waals surface area (Å²) in [6.07, 6.45) is 2.45. The number of methoxy groups -OCH3 is 1. The molecule has 0 spiro atoms. The second-order valence-electron chi connectivity index (χ2n) is 5.21. The summed E-state index contributed by atoms with van der Waals surface area (Å²) >= 11 is 3.66. The Labute approximate surface area is 124 Å². The molecule has 0 radical (unpaired) electrons. The van der Waals surface area contributed by atoms with Crippen molar-refractivity contribution in [2.24, 2.45) is 0 Å². The molecule has 1 aliphatic rings. The van der Waals surface area contributed by atoms with Gasteiger partial charge in [0.1, 0.15) is 5.75 Å². The zero-order valence-electron chi connectivity index (χ0n) is 11.9. The Hall–Kier alpha value is -0.740. The summed E-state index contributed by atoms with van der Waals surface area (Å²) < 4.78 is 6.48. The maximum atomic E-state index is 5.35. The van der Waals surface area contributed by atoms with E-state index in [4.69, 9.17) is 4.74 Å². The Morgan fingerprint density at radius 2 is 2.26 bits per heavy atom. The zero-order chi connectivity index (χ0) is 13.8. The van der Waals surface area contributed by atoms with E-state index >= 15 is 0 Å². The molecule has 1 fully saturated rings. The van der Waals surface area contributed by atoms with E-state index in [2.05, 4.69) is 52.1 Å². The van der Waals surface area contributed by atoms with Gasteiger partial charge in [0, 0.05) is 35.7 Å². The molecule has 19 heavy (non-hydrogen) atoms. The molecule has 1 aliphatic heterocycles. The summed E-state index contributed by atoms with van der Waals surface area (Å²) in [6, 6.07) is 7.26. The van der Waals surface area contributed by atoms with Gasteiger partial charge in [-0.1, -0.05) is 13.3 Å². The third kappa shape index (κ3) is 3.42. The predicted octanol–water partition coefficient (Wildman–Crippen LogP) is 3.42. The van der Waals surface area contributed by atoms with E-state index in [1.165, 1.54) is 18.5 Å². The van der Waals surface area contributed by atoms with Crippen LogP contribution in [-0.2, 0) is 0 Å². The molecule has 0 aliphatic carbocycles. The van der Waals surface area contributed by atoms with Gasteiger partial charge in [-0.2, -0.15) is 0 Å². The van der Waals surface area contributed by atoms with Crippen LogP contribution in [0.4, 0.5) is 5.69 Å². The van der Waals surface area contributed by atoms with Crippen LogP contribution in [0, 0.1) is 0 Å². The van der Waals surface area contributed by atoms with Gasteiger partial charge >= 0.3 is 0 Å². The summed E-state index contributed by atoms with van der Waals surface area (Å²) in [4.78, 5) is 2.48. The van der Waals surface area contributed by atoms with Crippen molar-refractivity contribution in [3.05, 3.63) is 22.7 Å². The predicted molar refractivity (Wildman–Crippen MR) is 84.2 cm³/mol. The van der Waals surface area contributed by atoms with Crippen LogP contribution in [-0.4, -0.2) is 32.3 Å². The van der Waals surface area contributed by atoms with Crippen molar-refractivity contribution >= 4 is 21.6 Å². The molecule has 1 aromatic carbocycles. The standard InChI is InChI=1S/C15H23BrN2O/c1-4-5-12-10-18(11(2)9-17-12)15-8-13(19-3)6-7-14(15)16/h6-8,11-12,17H,4-5,9-10H2,1-3H3. The molecular formula is C15H23BrN2O. The van der Waals surface area contributed by atoms with E-state index in [1.54, 1.807) is 7.11 Å². The van der Waals surface area contributed by atoms with Crippen molar-refractivity contribution in [3.63, 3.8) is 0 Å². The largest absolute Gasteiger partial charge is 0.497 e. The molecule has 4 heteroatoms. The van der Waals surface area contributed by atoms with Crippen molar-refractivity contribution in [2.75, 3.05) is 25.1 Å². The normalized spacial score (nSPS) is 23.5. The molecule has 0 amide bonds. The summed E-state index contributed by atoms with van der Waals surface area (Å²) in [5.74, 6) is 0.913. The SMILES string of the molecule is CCCC1CN(c2cc(OC)ccc2Br)C(C)CN1. The third-order valence-electron chi connectivity index (χ3n) is 3.75. The van der Waals surface area contributed by atoms with E-state index in [0.717, 1.165) is 23.3 Å². The number of nitrogens with one attached hydrogen (secondary N) is 1. The molecular weight excluding hydrogens is 304 g/mol. The van der Waals surface area contributed by atoms with Gasteiger partial charge in [-0.3, -0.25) is 0 Å². The maximum Gasteiger partial charge on any atom is 0.121 e. The fraction of sp³-hybridized carbons (Fsp3) is 0.600. The van der Waals surface area contributed by atoms with Crippen LogP contribution in [0.15, 0.2) is 22.7 Å². The molecule has 2 rings (SSSR count). The molecule has 1 saturated heterocycles. The Morgan fingerprint density at radius 1 is 1.47 bits per heavy atom. The van der Waals surface area contributed by atoms with E-state index in [1.807, 2.05) is 6.07 Å². The highest BCUT2D eigenvalue weighted by molar-refractivity contribution is 9.10. The van der Waals surface area contributed by atoms with E-state index < -0.39 is 0 Å². The first-order valence-electron chi connectivity index (χ1n) is 6.99. The summed E-state index contributed by atoms with van der Waals surface area (Å²) in [7, 11) is 1.72. The molecule has 106 valence electrons. The minimum absolute atomic E-state index is 0.497. The van der Waals surface area contributed by atoms with E-state index in [9.17, 15) is 0 Å². The Balaban J connectivity index is 2.22. The third-order valence-corrected chi connectivity index (χ3v) is 4.42. The van der Waals surface area contributed by atoms with Crippen molar-refractivity contribution in [1.82, 2.24) is 5.32 Å². The molecule has 3 nitrogen and oxygen atoms in total. The Morgan fingerprint density at radius 3 is 2.95 bits per heavy atom. The molecule has 1 aromatic rings. The van der Waals surface area contributed by atoms with Gasteiger partial charge < -0.3 is 15.0 Å². The minimum Gasteiger partial charge on any atom is -0.497 e. The molecule has 1 heterocycles. The van der Waals surface area contributed by atoms with Gasteiger partial charge in [0.15, 0.2) is 0 Å². The number of piperazine rings is 1. The Kier molecular flexibility index (Phi) is 5.11. The average molecular weight is 327 g/mol. The maximum absolute atomic E-state index is 5.35. The van der Waals surface area contributed by atoms with Gasteiger partial charge in [0.05, 0.1) is 12.8 Å². The highest BCUT2D eigenvalue weighted by Gasteiger charge is 2.26. The van der Waals surface area contributed by atoms with Crippen LogP contribution >= 0.6 is 15.9 Å². The molecule has 1 N–H and O–H groups in total.